The molecular formula is C12H7BrN2O4. The number of benzene rings is 1. The molecule has 2 aromatic rings. The summed E-state index contributed by atoms with van der Waals surface area (Å²) in [5.74, 6) is 0.627. The lowest BCUT2D eigenvalue weighted by Crippen LogP contribution is -1.98. The maximum absolute atomic E-state index is 10.9. The van der Waals surface area contributed by atoms with E-state index in [4.69, 9.17) is 14.4 Å². The van der Waals surface area contributed by atoms with Gasteiger partial charge in [-0.25, -0.2) is 0 Å². The van der Waals surface area contributed by atoms with Crippen LogP contribution in [0.3, 0.4) is 0 Å². The highest BCUT2D eigenvalue weighted by Gasteiger charge is 2.16. The fourth-order valence-corrected chi connectivity index (χ4v) is 1.77. The normalized spacial score (nSPS) is 9.89. The van der Waals surface area contributed by atoms with E-state index in [2.05, 4.69) is 15.9 Å². The van der Waals surface area contributed by atoms with Crippen LogP contribution in [0.2, 0.25) is 0 Å². The first kappa shape index (κ1) is 13.1. The number of nitro groups is 1. The molecule has 0 N–H and O–H groups in total. The summed E-state index contributed by atoms with van der Waals surface area (Å²) >= 11 is 3.15. The van der Waals surface area contributed by atoms with Crippen LogP contribution in [0, 0.1) is 21.4 Å². The van der Waals surface area contributed by atoms with Gasteiger partial charge in [-0.15, -0.1) is 0 Å². The van der Waals surface area contributed by atoms with Crippen LogP contribution in [0.5, 0.6) is 5.75 Å². The minimum atomic E-state index is -0.589. The van der Waals surface area contributed by atoms with Crippen molar-refractivity contribution in [1.29, 1.82) is 5.26 Å². The molecule has 0 aliphatic heterocycles. The van der Waals surface area contributed by atoms with Crippen molar-refractivity contribution < 1.29 is 14.1 Å². The molecule has 19 heavy (non-hydrogen) atoms. The molecule has 0 saturated heterocycles. The van der Waals surface area contributed by atoms with E-state index in [1.807, 2.05) is 6.07 Å². The number of hydrogen-bond acceptors (Lipinski definition) is 5. The second kappa shape index (κ2) is 5.54. The average Bonchev–Trinajstić information content (AvgIpc) is 2.82. The van der Waals surface area contributed by atoms with Gasteiger partial charge in [0.15, 0.2) is 10.4 Å². The van der Waals surface area contributed by atoms with Crippen LogP contribution in [0.15, 0.2) is 39.4 Å². The molecule has 0 atom stereocenters. The van der Waals surface area contributed by atoms with Crippen LogP contribution in [-0.2, 0) is 6.61 Å². The second-order valence-corrected chi connectivity index (χ2v) is 4.33. The molecule has 0 spiro atoms. The molecule has 2 rings (SSSR count). The molecule has 0 aliphatic carbocycles. The fraction of sp³-hybridized carbons (Fsp3) is 0.0833. The summed E-state index contributed by atoms with van der Waals surface area (Å²) < 4.78 is 11.1. The Morgan fingerprint density at radius 2 is 2.21 bits per heavy atom. The smallest absolute Gasteiger partial charge is 0.312 e. The van der Waals surface area contributed by atoms with E-state index in [0.717, 1.165) is 0 Å². The Balaban J connectivity index is 2.20. The highest BCUT2D eigenvalue weighted by molar-refractivity contribution is 9.10. The molecule has 7 heteroatoms. The maximum atomic E-state index is 10.9. The van der Waals surface area contributed by atoms with Crippen molar-refractivity contribution in [3.63, 3.8) is 0 Å². The predicted molar refractivity (Wildman–Crippen MR) is 68.6 cm³/mol. The first-order valence-electron chi connectivity index (χ1n) is 5.15. The van der Waals surface area contributed by atoms with E-state index in [0.29, 0.717) is 10.4 Å². The van der Waals surface area contributed by atoms with Crippen LogP contribution in [-0.4, -0.2) is 4.92 Å². The third-order valence-electron chi connectivity index (χ3n) is 2.28. The van der Waals surface area contributed by atoms with Crippen molar-refractivity contribution in [2.75, 3.05) is 0 Å². The van der Waals surface area contributed by atoms with E-state index in [-0.39, 0.29) is 23.6 Å². The van der Waals surface area contributed by atoms with Crippen molar-refractivity contribution >= 4 is 21.6 Å². The number of furan rings is 1. The topological polar surface area (TPSA) is 89.3 Å². The predicted octanol–water partition coefficient (Wildman–Crippen LogP) is 3.40. The van der Waals surface area contributed by atoms with Crippen molar-refractivity contribution in [2.24, 2.45) is 0 Å². The zero-order valence-corrected chi connectivity index (χ0v) is 11.1. The first-order valence-corrected chi connectivity index (χ1v) is 5.95. The highest BCUT2D eigenvalue weighted by atomic mass is 79.9. The van der Waals surface area contributed by atoms with Crippen molar-refractivity contribution in [2.45, 2.75) is 6.61 Å². The number of nitriles is 1. The van der Waals surface area contributed by atoms with Gasteiger partial charge in [0.25, 0.3) is 0 Å². The fourth-order valence-electron chi connectivity index (χ4n) is 1.43. The Morgan fingerprint density at radius 1 is 1.42 bits per heavy atom. The summed E-state index contributed by atoms with van der Waals surface area (Å²) in [5, 5.41) is 19.6. The van der Waals surface area contributed by atoms with Gasteiger partial charge in [0, 0.05) is 6.07 Å². The molecule has 0 fully saturated rings. The van der Waals surface area contributed by atoms with E-state index < -0.39 is 4.92 Å². The average molecular weight is 323 g/mol. The summed E-state index contributed by atoms with van der Waals surface area (Å²) in [6, 6.07) is 9.27. The Kier molecular flexibility index (Phi) is 3.82. The largest absolute Gasteiger partial charge is 0.479 e. The van der Waals surface area contributed by atoms with Gasteiger partial charge in [-0.3, -0.25) is 10.1 Å². The van der Waals surface area contributed by atoms with Crippen LogP contribution < -0.4 is 4.74 Å². The molecule has 1 aromatic carbocycles. The number of ether oxygens (including phenoxy) is 1. The quantitative estimate of drug-likeness (QED) is 0.635. The SMILES string of the molecule is N#Cc1ccc(OCc2ccc(Br)o2)c([N+](=O)[O-])c1. The minimum Gasteiger partial charge on any atom is -0.479 e. The summed E-state index contributed by atoms with van der Waals surface area (Å²) in [4.78, 5) is 10.3. The Labute approximate surface area is 116 Å². The lowest BCUT2D eigenvalue weighted by Gasteiger charge is -2.05. The number of halogens is 1. The van der Waals surface area contributed by atoms with E-state index in [1.165, 1.54) is 18.2 Å². The molecule has 0 aliphatic rings. The number of rotatable bonds is 4. The van der Waals surface area contributed by atoms with E-state index in [9.17, 15) is 10.1 Å². The van der Waals surface area contributed by atoms with E-state index >= 15 is 0 Å². The van der Waals surface area contributed by atoms with Gasteiger partial charge in [-0.05, 0) is 40.2 Å². The van der Waals surface area contributed by atoms with Crippen LogP contribution in [0.4, 0.5) is 5.69 Å². The van der Waals surface area contributed by atoms with Crippen LogP contribution >= 0.6 is 15.9 Å². The molecule has 1 aromatic heterocycles. The Morgan fingerprint density at radius 3 is 2.79 bits per heavy atom. The number of nitro benzene ring substituents is 1. The lowest BCUT2D eigenvalue weighted by molar-refractivity contribution is -0.386. The minimum absolute atomic E-state index is 0.0678. The molecule has 0 bridgehead atoms. The Bertz CT molecular complexity index is 660. The standard InChI is InChI=1S/C12H7BrN2O4/c13-12-4-2-9(19-12)7-18-11-3-1-8(6-14)5-10(11)15(16)17/h1-5H,7H2. The number of nitrogens with zero attached hydrogens (tertiary/aromatic N) is 2. The molecule has 0 saturated carbocycles. The van der Waals surface area contributed by atoms with Crippen LogP contribution in [0.25, 0.3) is 0 Å². The maximum Gasteiger partial charge on any atom is 0.312 e. The molecule has 96 valence electrons. The molecular weight excluding hydrogens is 316 g/mol. The Hall–Kier alpha value is -2.33. The van der Waals surface area contributed by atoms with Gasteiger partial charge >= 0.3 is 5.69 Å². The molecule has 6 nitrogen and oxygen atoms in total. The van der Waals surface area contributed by atoms with Gasteiger partial charge in [0.2, 0.25) is 0 Å². The summed E-state index contributed by atoms with van der Waals surface area (Å²) in [7, 11) is 0. The third-order valence-corrected chi connectivity index (χ3v) is 2.71. The van der Waals surface area contributed by atoms with Crippen molar-refractivity contribution in [3.05, 3.63) is 56.4 Å². The number of hydrogen-bond donors (Lipinski definition) is 0. The third kappa shape index (κ3) is 3.11. The van der Waals surface area contributed by atoms with Gasteiger partial charge in [0.05, 0.1) is 16.6 Å². The van der Waals surface area contributed by atoms with E-state index in [1.54, 1.807) is 12.1 Å². The molecule has 0 amide bonds. The van der Waals surface area contributed by atoms with Gasteiger partial charge in [-0.2, -0.15) is 5.26 Å². The first-order chi connectivity index (χ1) is 9.10. The van der Waals surface area contributed by atoms with Crippen molar-refractivity contribution in [3.8, 4) is 11.8 Å². The van der Waals surface area contributed by atoms with Gasteiger partial charge in [-0.1, -0.05) is 0 Å². The summed E-state index contributed by atoms with van der Waals surface area (Å²) in [6.07, 6.45) is 0. The van der Waals surface area contributed by atoms with Gasteiger partial charge in [0.1, 0.15) is 12.4 Å². The highest BCUT2D eigenvalue weighted by Crippen LogP contribution is 2.28. The van der Waals surface area contributed by atoms with Gasteiger partial charge < -0.3 is 9.15 Å². The van der Waals surface area contributed by atoms with Crippen molar-refractivity contribution in [1.82, 2.24) is 0 Å². The lowest BCUT2D eigenvalue weighted by atomic mass is 10.2. The zero-order chi connectivity index (χ0) is 13.8. The molecule has 0 unspecified atom stereocenters. The summed E-state index contributed by atoms with van der Waals surface area (Å²) in [6.45, 7) is 0.0678. The van der Waals surface area contributed by atoms with Crippen LogP contribution in [0.1, 0.15) is 11.3 Å². The molecule has 0 radical (unpaired) electrons. The zero-order valence-electron chi connectivity index (χ0n) is 9.50. The monoisotopic (exact) mass is 322 g/mol. The summed E-state index contributed by atoms with van der Waals surface area (Å²) in [5.41, 5.74) is -0.0375. The molecule has 1 heterocycles. The second-order valence-electron chi connectivity index (χ2n) is 3.55.